The lowest BCUT2D eigenvalue weighted by Gasteiger charge is -2.37. The Morgan fingerprint density at radius 2 is 1.94 bits per heavy atom. The summed E-state index contributed by atoms with van der Waals surface area (Å²) in [6.45, 7) is 11.8. The van der Waals surface area contributed by atoms with E-state index in [1.54, 1.807) is 0 Å². The second-order valence-electron chi connectivity index (χ2n) is 6.43. The van der Waals surface area contributed by atoms with Crippen molar-refractivity contribution in [1.29, 1.82) is 0 Å². The van der Waals surface area contributed by atoms with E-state index in [2.05, 4.69) is 36.3 Å². The van der Waals surface area contributed by atoms with Crippen molar-refractivity contribution >= 4 is 5.91 Å². The van der Waals surface area contributed by atoms with Gasteiger partial charge in [0.25, 0.3) is 0 Å². The summed E-state index contributed by atoms with van der Waals surface area (Å²) in [5.74, 6) is 1.99. The second-order valence-corrected chi connectivity index (χ2v) is 6.43. The summed E-state index contributed by atoms with van der Waals surface area (Å²) in [6.07, 6.45) is 1.34. The van der Waals surface area contributed by atoms with Crippen LogP contribution < -0.4 is 10.6 Å². The number of nitrogens with zero attached hydrogens (tertiary/aromatic N) is 1. The molecule has 2 N–H and O–H groups in total. The number of rotatable bonds is 4. The molecule has 4 heteroatoms. The topological polar surface area (TPSA) is 44.4 Å². The summed E-state index contributed by atoms with van der Waals surface area (Å²) < 4.78 is 0. The summed E-state index contributed by atoms with van der Waals surface area (Å²) in [5.41, 5.74) is 0. The van der Waals surface area contributed by atoms with Gasteiger partial charge < -0.3 is 15.5 Å². The normalized spacial score (nSPS) is 31.7. The van der Waals surface area contributed by atoms with E-state index in [9.17, 15) is 4.79 Å². The Kier molecular flexibility index (Phi) is 4.62. The van der Waals surface area contributed by atoms with E-state index in [0.29, 0.717) is 0 Å². The van der Waals surface area contributed by atoms with Gasteiger partial charge in [-0.15, -0.1) is 0 Å². The molecular formula is C14H27N3O. The zero-order valence-electron chi connectivity index (χ0n) is 11.9. The Morgan fingerprint density at radius 1 is 1.33 bits per heavy atom. The molecule has 0 aromatic carbocycles. The maximum Gasteiger partial charge on any atom is 0.225 e. The maximum atomic E-state index is 11.8. The zero-order valence-corrected chi connectivity index (χ0v) is 11.9. The van der Waals surface area contributed by atoms with Crippen molar-refractivity contribution in [2.24, 2.45) is 17.8 Å². The Morgan fingerprint density at radius 3 is 2.44 bits per heavy atom. The fraction of sp³-hybridized carbons (Fsp3) is 0.929. The average Bonchev–Trinajstić information content (AvgIpc) is 2.11. The molecule has 18 heavy (non-hydrogen) atoms. The van der Waals surface area contributed by atoms with E-state index in [0.717, 1.165) is 31.5 Å². The molecule has 0 bridgehead atoms. The van der Waals surface area contributed by atoms with Crippen LogP contribution in [0.15, 0.2) is 0 Å². The first-order valence-corrected chi connectivity index (χ1v) is 7.28. The first-order valence-electron chi connectivity index (χ1n) is 7.28. The van der Waals surface area contributed by atoms with Crippen molar-refractivity contribution in [3.63, 3.8) is 0 Å². The van der Waals surface area contributed by atoms with Crippen molar-refractivity contribution in [2.75, 3.05) is 32.7 Å². The van der Waals surface area contributed by atoms with Gasteiger partial charge in [-0.3, -0.25) is 4.79 Å². The monoisotopic (exact) mass is 253 g/mol. The molecule has 2 fully saturated rings. The van der Waals surface area contributed by atoms with Gasteiger partial charge in [0.15, 0.2) is 0 Å². The van der Waals surface area contributed by atoms with Gasteiger partial charge in [-0.2, -0.15) is 0 Å². The molecule has 0 radical (unpaired) electrons. The van der Waals surface area contributed by atoms with E-state index in [1.165, 1.54) is 19.5 Å². The molecule has 0 saturated carbocycles. The quantitative estimate of drug-likeness (QED) is 0.775. The Balaban J connectivity index is 1.72. The molecule has 3 atom stereocenters. The third-order valence-electron chi connectivity index (χ3n) is 4.02. The van der Waals surface area contributed by atoms with Crippen molar-refractivity contribution in [3.05, 3.63) is 0 Å². The second kappa shape index (κ2) is 6.02. The molecule has 1 amide bonds. The number of nitrogens with one attached hydrogen (secondary N) is 2. The summed E-state index contributed by atoms with van der Waals surface area (Å²) in [6, 6.07) is 0.260. The highest BCUT2D eigenvalue weighted by Crippen LogP contribution is 2.20. The van der Waals surface area contributed by atoms with E-state index in [-0.39, 0.29) is 17.9 Å². The van der Waals surface area contributed by atoms with Crippen LogP contribution in [0.1, 0.15) is 27.2 Å². The van der Waals surface area contributed by atoms with Gasteiger partial charge in [-0.1, -0.05) is 13.8 Å². The third kappa shape index (κ3) is 3.69. The summed E-state index contributed by atoms with van der Waals surface area (Å²) in [4.78, 5) is 14.3. The van der Waals surface area contributed by atoms with E-state index in [4.69, 9.17) is 0 Å². The molecule has 3 unspecified atom stereocenters. The van der Waals surface area contributed by atoms with Crippen LogP contribution in [0.4, 0.5) is 0 Å². The van der Waals surface area contributed by atoms with Gasteiger partial charge in [0.2, 0.25) is 5.91 Å². The SMILES string of the molecule is CC1CC(C)CN(CC(C)NC(=O)C2CNC2)C1. The van der Waals surface area contributed by atoms with Crippen molar-refractivity contribution in [1.82, 2.24) is 15.5 Å². The number of hydrogen-bond acceptors (Lipinski definition) is 3. The van der Waals surface area contributed by atoms with Gasteiger partial charge in [0.05, 0.1) is 5.92 Å². The summed E-state index contributed by atoms with van der Waals surface area (Å²) >= 11 is 0. The maximum absolute atomic E-state index is 11.8. The van der Waals surface area contributed by atoms with Gasteiger partial charge in [-0.05, 0) is 25.2 Å². The molecule has 2 aliphatic heterocycles. The smallest absolute Gasteiger partial charge is 0.225 e. The van der Waals surface area contributed by atoms with Crippen LogP contribution in [-0.4, -0.2) is 49.6 Å². The minimum absolute atomic E-state index is 0.201. The fourth-order valence-electron chi connectivity index (χ4n) is 3.21. The number of carbonyl (C=O) groups is 1. The van der Waals surface area contributed by atoms with Crippen LogP contribution >= 0.6 is 0 Å². The third-order valence-corrected chi connectivity index (χ3v) is 4.02. The van der Waals surface area contributed by atoms with Crippen LogP contribution in [0.5, 0.6) is 0 Å². The largest absolute Gasteiger partial charge is 0.352 e. The van der Waals surface area contributed by atoms with E-state index >= 15 is 0 Å². The lowest BCUT2D eigenvalue weighted by atomic mass is 9.91. The molecule has 0 spiro atoms. The number of piperidine rings is 1. The van der Waals surface area contributed by atoms with Crippen LogP contribution in [0.2, 0.25) is 0 Å². The molecule has 0 aromatic rings. The summed E-state index contributed by atoms with van der Waals surface area (Å²) in [7, 11) is 0. The molecule has 104 valence electrons. The number of likely N-dealkylation sites (tertiary alicyclic amines) is 1. The van der Waals surface area contributed by atoms with Gasteiger partial charge in [0.1, 0.15) is 0 Å². The highest BCUT2D eigenvalue weighted by molar-refractivity contribution is 5.80. The average molecular weight is 253 g/mol. The Hall–Kier alpha value is -0.610. The minimum Gasteiger partial charge on any atom is -0.352 e. The van der Waals surface area contributed by atoms with Crippen LogP contribution in [0.25, 0.3) is 0 Å². The summed E-state index contributed by atoms with van der Waals surface area (Å²) in [5, 5.41) is 6.28. The van der Waals surface area contributed by atoms with Crippen LogP contribution in [0.3, 0.4) is 0 Å². The number of carbonyl (C=O) groups excluding carboxylic acids is 1. The van der Waals surface area contributed by atoms with E-state index in [1.807, 2.05) is 0 Å². The molecule has 0 aliphatic carbocycles. The van der Waals surface area contributed by atoms with Gasteiger partial charge in [0, 0.05) is 38.8 Å². The first-order chi connectivity index (χ1) is 8.54. The lowest BCUT2D eigenvalue weighted by molar-refractivity contribution is -0.127. The molecule has 2 heterocycles. The first kappa shape index (κ1) is 13.8. The molecule has 2 saturated heterocycles. The highest BCUT2D eigenvalue weighted by Gasteiger charge is 2.27. The predicted molar refractivity (Wildman–Crippen MR) is 73.3 cm³/mol. The standard InChI is InChI=1S/C14H27N3O/c1-10-4-11(2)8-17(7-10)9-12(3)16-14(18)13-5-15-6-13/h10-13,15H,4-9H2,1-3H3,(H,16,18). The van der Waals surface area contributed by atoms with Crippen molar-refractivity contribution < 1.29 is 4.79 Å². The molecule has 2 rings (SSSR count). The highest BCUT2D eigenvalue weighted by atomic mass is 16.2. The lowest BCUT2D eigenvalue weighted by Crippen LogP contribution is -2.54. The van der Waals surface area contributed by atoms with Crippen LogP contribution in [-0.2, 0) is 4.79 Å². The fourth-order valence-corrected chi connectivity index (χ4v) is 3.21. The molecule has 0 aromatic heterocycles. The number of amides is 1. The molecule has 2 aliphatic rings. The van der Waals surface area contributed by atoms with Gasteiger partial charge >= 0.3 is 0 Å². The number of hydrogen-bond donors (Lipinski definition) is 2. The Bertz CT molecular complexity index is 281. The minimum atomic E-state index is 0.201. The molecule has 4 nitrogen and oxygen atoms in total. The van der Waals surface area contributed by atoms with Crippen molar-refractivity contribution in [2.45, 2.75) is 33.2 Å². The zero-order chi connectivity index (χ0) is 13.1. The van der Waals surface area contributed by atoms with E-state index < -0.39 is 0 Å². The predicted octanol–water partition coefficient (Wildman–Crippen LogP) is 0.688. The van der Waals surface area contributed by atoms with Crippen molar-refractivity contribution in [3.8, 4) is 0 Å². The van der Waals surface area contributed by atoms with Crippen LogP contribution in [0, 0.1) is 17.8 Å². The molecular weight excluding hydrogens is 226 g/mol. The van der Waals surface area contributed by atoms with Gasteiger partial charge in [-0.25, -0.2) is 0 Å². The Labute approximate surface area is 110 Å².